The first-order valence-corrected chi connectivity index (χ1v) is 4.64. The molecular formula is C9H7BrO3. The Morgan fingerprint density at radius 1 is 1.62 bits per heavy atom. The fourth-order valence-electron chi connectivity index (χ4n) is 1.37. The zero-order valence-electron chi connectivity index (χ0n) is 6.66. The molecule has 0 saturated heterocycles. The normalized spacial score (nSPS) is 19.3. The summed E-state index contributed by atoms with van der Waals surface area (Å²) in [7, 11) is 0. The van der Waals surface area contributed by atoms with Gasteiger partial charge in [0.25, 0.3) is 0 Å². The maximum Gasteiger partial charge on any atom is 0.345 e. The number of hydrogen-bond donors (Lipinski definition) is 1. The maximum absolute atomic E-state index is 10.6. The van der Waals surface area contributed by atoms with Gasteiger partial charge in [0.05, 0.1) is 4.47 Å². The van der Waals surface area contributed by atoms with Gasteiger partial charge in [-0.1, -0.05) is 12.1 Å². The van der Waals surface area contributed by atoms with Crippen molar-refractivity contribution in [2.75, 3.05) is 0 Å². The smallest absolute Gasteiger partial charge is 0.345 e. The van der Waals surface area contributed by atoms with Crippen LogP contribution in [0.3, 0.4) is 0 Å². The van der Waals surface area contributed by atoms with Gasteiger partial charge in [0.2, 0.25) is 0 Å². The maximum atomic E-state index is 10.6. The van der Waals surface area contributed by atoms with E-state index >= 15 is 0 Å². The average Bonchev–Trinajstić information content (AvgIpc) is 2.49. The van der Waals surface area contributed by atoms with Crippen molar-refractivity contribution >= 4 is 21.9 Å². The minimum Gasteiger partial charge on any atom is -0.478 e. The Labute approximate surface area is 83.5 Å². The van der Waals surface area contributed by atoms with Crippen molar-refractivity contribution in [2.45, 2.75) is 12.5 Å². The Hall–Kier alpha value is -1.03. The SMILES string of the molecule is O=C(O)C1Cc2cccc(Br)c2O1. The van der Waals surface area contributed by atoms with E-state index in [2.05, 4.69) is 15.9 Å². The third-order valence-corrected chi connectivity index (χ3v) is 2.61. The van der Waals surface area contributed by atoms with Gasteiger partial charge in [0, 0.05) is 6.42 Å². The Kier molecular flexibility index (Phi) is 2.00. The molecule has 0 amide bonds. The molecule has 4 heteroatoms. The van der Waals surface area contributed by atoms with Gasteiger partial charge >= 0.3 is 5.97 Å². The van der Waals surface area contributed by atoms with Crippen LogP contribution in [-0.4, -0.2) is 17.2 Å². The van der Waals surface area contributed by atoms with E-state index in [9.17, 15) is 4.79 Å². The fourth-order valence-corrected chi connectivity index (χ4v) is 1.87. The van der Waals surface area contributed by atoms with Crippen molar-refractivity contribution in [3.63, 3.8) is 0 Å². The predicted octanol–water partition coefficient (Wildman–Crippen LogP) is 1.84. The first kappa shape index (κ1) is 8.56. The minimum absolute atomic E-state index is 0.449. The van der Waals surface area contributed by atoms with Gasteiger partial charge in [-0.05, 0) is 27.6 Å². The number of carbonyl (C=O) groups is 1. The molecule has 0 aliphatic carbocycles. The van der Waals surface area contributed by atoms with E-state index in [4.69, 9.17) is 9.84 Å². The molecule has 3 nitrogen and oxygen atoms in total. The van der Waals surface area contributed by atoms with E-state index in [1.807, 2.05) is 18.2 Å². The summed E-state index contributed by atoms with van der Waals surface area (Å²) in [4.78, 5) is 10.6. The number of benzene rings is 1. The standard InChI is InChI=1S/C9H7BrO3/c10-6-3-1-2-5-4-7(9(11)12)13-8(5)6/h1-3,7H,4H2,(H,11,12). The van der Waals surface area contributed by atoms with Crippen molar-refractivity contribution in [1.82, 2.24) is 0 Å². The van der Waals surface area contributed by atoms with Crippen LogP contribution >= 0.6 is 15.9 Å². The first-order chi connectivity index (χ1) is 6.18. The zero-order chi connectivity index (χ0) is 9.42. The quantitative estimate of drug-likeness (QED) is 0.818. The van der Waals surface area contributed by atoms with Gasteiger partial charge < -0.3 is 9.84 Å². The van der Waals surface area contributed by atoms with Crippen molar-refractivity contribution in [3.8, 4) is 5.75 Å². The van der Waals surface area contributed by atoms with Gasteiger partial charge in [0.15, 0.2) is 6.10 Å². The lowest BCUT2D eigenvalue weighted by Gasteiger charge is -2.04. The van der Waals surface area contributed by atoms with Crippen LogP contribution < -0.4 is 4.74 Å². The van der Waals surface area contributed by atoms with E-state index in [1.165, 1.54) is 0 Å². The van der Waals surface area contributed by atoms with Gasteiger partial charge in [-0.2, -0.15) is 0 Å². The second-order valence-electron chi connectivity index (χ2n) is 2.88. The summed E-state index contributed by atoms with van der Waals surface area (Å²) in [6.07, 6.45) is -0.280. The molecule has 1 atom stereocenters. The monoisotopic (exact) mass is 242 g/mol. The molecule has 0 spiro atoms. The number of carboxylic acid groups (broad SMARTS) is 1. The van der Waals surface area contributed by atoms with Crippen molar-refractivity contribution in [2.24, 2.45) is 0 Å². The Bertz CT molecular complexity index is 362. The molecule has 0 aromatic heterocycles. The number of fused-ring (bicyclic) bond motifs is 1. The van der Waals surface area contributed by atoms with Crippen LogP contribution in [0.5, 0.6) is 5.75 Å². The van der Waals surface area contributed by atoms with Gasteiger partial charge in [0.1, 0.15) is 5.75 Å². The number of aliphatic carboxylic acids is 1. The summed E-state index contributed by atoms with van der Waals surface area (Å²) in [5.41, 5.74) is 0.946. The lowest BCUT2D eigenvalue weighted by atomic mass is 10.1. The van der Waals surface area contributed by atoms with Gasteiger partial charge in [-0.3, -0.25) is 0 Å². The van der Waals surface area contributed by atoms with E-state index < -0.39 is 12.1 Å². The molecule has 1 aromatic rings. The lowest BCUT2D eigenvalue weighted by Crippen LogP contribution is -2.24. The summed E-state index contributed by atoms with van der Waals surface area (Å²) in [6.45, 7) is 0. The van der Waals surface area contributed by atoms with Crippen LogP contribution in [0, 0.1) is 0 Å². The summed E-state index contributed by atoms with van der Waals surface area (Å²) in [5.74, 6) is -0.252. The Balaban J connectivity index is 2.35. The number of ether oxygens (including phenoxy) is 1. The van der Waals surface area contributed by atoms with E-state index in [1.54, 1.807) is 0 Å². The largest absolute Gasteiger partial charge is 0.478 e. The highest BCUT2D eigenvalue weighted by molar-refractivity contribution is 9.10. The molecular weight excluding hydrogens is 236 g/mol. The highest BCUT2D eigenvalue weighted by Crippen LogP contribution is 2.35. The minimum atomic E-state index is -0.914. The van der Waals surface area contributed by atoms with Crippen LogP contribution in [0.25, 0.3) is 0 Å². The Morgan fingerprint density at radius 2 is 2.38 bits per heavy atom. The fraction of sp³-hybridized carbons (Fsp3) is 0.222. The molecule has 68 valence electrons. The number of hydrogen-bond acceptors (Lipinski definition) is 2. The first-order valence-electron chi connectivity index (χ1n) is 3.85. The molecule has 0 saturated carbocycles. The molecule has 0 fully saturated rings. The zero-order valence-corrected chi connectivity index (χ0v) is 8.24. The molecule has 1 unspecified atom stereocenters. The third-order valence-electron chi connectivity index (χ3n) is 1.99. The number of halogens is 1. The third kappa shape index (κ3) is 1.42. The van der Waals surface area contributed by atoms with Crippen LogP contribution in [0.2, 0.25) is 0 Å². The van der Waals surface area contributed by atoms with Gasteiger partial charge in [-0.15, -0.1) is 0 Å². The number of para-hydroxylation sites is 1. The summed E-state index contributed by atoms with van der Waals surface area (Å²) >= 11 is 3.31. The van der Waals surface area contributed by atoms with E-state index in [0.717, 1.165) is 10.0 Å². The number of rotatable bonds is 1. The van der Waals surface area contributed by atoms with Crippen LogP contribution in [0.4, 0.5) is 0 Å². The van der Waals surface area contributed by atoms with Crippen molar-refractivity contribution in [3.05, 3.63) is 28.2 Å². The average molecular weight is 243 g/mol. The molecule has 13 heavy (non-hydrogen) atoms. The van der Waals surface area contributed by atoms with E-state index in [0.29, 0.717) is 12.2 Å². The lowest BCUT2D eigenvalue weighted by molar-refractivity contribution is -0.144. The van der Waals surface area contributed by atoms with Gasteiger partial charge in [-0.25, -0.2) is 4.79 Å². The van der Waals surface area contributed by atoms with E-state index in [-0.39, 0.29) is 0 Å². The molecule has 0 radical (unpaired) electrons. The highest BCUT2D eigenvalue weighted by atomic mass is 79.9. The van der Waals surface area contributed by atoms with Crippen LogP contribution in [0.1, 0.15) is 5.56 Å². The topological polar surface area (TPSA) is 46.5 Å². The van der Waals surface area contributed by atoms with Crippen molar-refractivity contribution in [1.29, 1.82) is 0 Å². The molecule has 1 aliphatic rings. The molecule has 1 aliphatic heterocycles. The second kappa shape index (κ2) is 3.03. The second-order valence-corrected chi connectivity index (χ2v) is 3.73. The molecule has 1 N–H and O–H groups in total. The molecule has 1 aromatic carbocycles. The summed E-state index contributed by atoms with van der Waals surface area (Å²) in [6, 6.07) is 5.59. The molecule has 1 heterocycles. The Morgan fingerprint density at radius 3 is 3.00 bits per heavy atom. The van der Waals surface area contributed by atoms with Crippen molar-refractivity contribution < 1.29 is 14.6 Å². The summed E-state index contributed by atoms with van der Waals surface area (Å²) in [5, 5.41) is 8.74. The van der Waals surface area contributed by atoms with Crippen LogP contribution in [-0.2, 0) is 11.2 Å². The molecule has 0 bridgehead atoms. The summed E-state index contributed by atoms with van der Waals surface area (Å²) < 4.78 is 6.07. The molecule has 2 rings (SSSR count). The van der Waals surface area contributed by atoms with Crippen LogP contribution in [0.15, 0.2) is 22.7 Å². The predicted molar refractivity (Wildman–Crippen MR) is 49.9 cm³/mol. The number of carboxylic acids is 1. The highest BCUT2D eigenvalue weighted by Gasteiger charge is 2.29.